The number of allylic oxidation sites excluding steroid dienone is 2. The fourth-order valence-electron chi connectivity index (χ4n) is 7.06. The van der Waals surface area contributed by atoms with E-state index < -0.39 is 5.97 Å². The van der Waals surface area contributed by atoms with Crippen molar-refractivity contribution >= 4 is 11.9 Å². The predicted molar refractivity (Wildman–Crippen MR) is 91.0 cm³/mol. The largest absolute Gasteiger partial charge is 0.481 e. The lowest BCUT2D eigenvalue weighted by molar-refractivity contribution is -0.150. The Hall–Kier alpha value is -1.32. The number of rotatable bonds is 2. The Labute approximate surface area is 144 Å². The van der Waals surface area contributed by atoms with Crippen LogP contribution >= 0.6 is 0 Å². The molecule has 6 atom stereocenters. The van der Waals surface area contributed by atoms with Crippen LogP contribution in [0.15, 0.2) is 11.8 Å². The highest BCUT2D eigenvalue weighted by atomic mass is 16.4. The first-order valence-electron chi connectivity index (χ1n) is 9.65. The van der Waals surface area contributed by atoms with Gasteiger partial charge < -0.3 is 10.4 Å². The van der Waals surface area contributed by atoms with E-state index in [4.69, 9.17) is 0 Å². The zero-order valence-corrected chi connectivity index (χ0v) is 14.8. The van der Waals surface area contributed by atoms with Crippen LogP contribution in [0.5, 0.6) is 0 Å². The number of nitrogens with one attached hydrogen (secondary N) is 1. The molecule has 3 aliphatic carbocycles. The number of carboxylic acids is 1. The fourth-order valence-corrected chi connectivity index (χ4v) is 7.06. The molecule has 2 N–H and O–H groups in total. The average Bonchev–Trinajstić information content (AvgIpc) is 2.95. The van der Waals surface area contributed by atoms with Crippen LogP contribution in [0.2, 0.25) is 0 Å². The number of carboxylic acid groups (broad SMARTS) is 1. The van der Waals surface area contributed by atoms with Crippen molar-refractivity contribution in [3.05, 3.63) is 11.8 Å². The molecule has 1 aliphatic heterocycles. The van der Waals surface area contributed by atoms with Crippen LogP contribution in [0.4, 0.5) is 0 Å². The van der Waals surface area contributed by atoms with Crippen LogP contribution in [0.25, 0.3) is 0 Å². The maximum absolute atomic E-state index is 11.8. The van der Waals surface area contributed by atoms with Crippen LogP contribution in [0.3, 0.4) is 0 Å². The van der Waals surface area contributed by atoms with E-state index in [9.17, 15) is 14.7 Å². The monoisotopic (exact) mass is 331 g/mol. The second-order valence-electron chi connectivity index (χ2n) is 8.79. The zero-order valence-electron chi connectivity index (χ0n) is 14.8. The number of fused-ring (bicyclic) bond motifs is 5. The van der Waals surface area contributed by atoms with Gasteiger partial charge in [-0.05, 0) is 68.1 Å². The molecular formula is C20H29NO3. The van der Waals surface area contributed by atoms with Crippen molar-refractivity contribution < 1.29 is 14.7 Å². The van der Waals surface area contributed by atoms with E-state index in [1.165, 1.54) is 0 Å². The third kappa shape index (κ3) is 1.98. The standard InChI is InChI=1S/C20H29NO3/c1-3-20-11-8-13-12(14(20)5-6-15(20)18(23)24)4-7-16-19(13,2)10-9-17(22)21-16/h7,12-15H,3-6,8-11H2,1-2H3,(H,21,22)(H,23,24)/t12-,13+,14+,15?,19-,20+/m1/s1. The minimum Gasteiger partial charge on any atom is -0.481 e. The van der Waals surface area contributed by atoms with Gasteiger partial charge in [0.05, 0.1) is 5.92 Å². The smallest absolute Gasteiger partial charge is 0.307 e. The highest BCUT2D eigenvalue weighted by Crippen LogP contribution is 2.66. The van der Waals surface area contributed by atoms with Crippen LogP contribution in [0, 0.1) is 34.5 Å². The Morgan fingerprint density at radius 3 is 2.79 bits per heavy atom. The lowest BCUT2D eigenvalue weighted by Crippen LogP contribution is -2.54. The number of hydrogen-bond donors (Lipinski definition) is 2. The number of carbonyl (C=O) groups excluding carboxylic acids is 1. The molecule has 4 aliphatic rings. The summed E-state index contributed by atoms with van der Waals surface area (Å²) in [6, 6.07) is 0. The fraction of sp³-hybridized carbons (Fsp3) is 0.800. The average molecular weight is 331 g/mol. The molecule has 2 saturated carbocycles. The third-order valence-electron chi connectivity index (χ3n) is 8.28. The van der Waals surface area contributed by atoms with Crippen LogP contribution in [0.1, 0.15) is 65.2 Å². The summed E-state index contributed by atoms with van der Waals surface area (Å²) in [5.74, 6) is 1.14. The minimum atomic E-state index is -0.582. The van der Waals surface area contributed by atoms with Crippen molar-refractivity contribution in [2.24, 2.45) is 34.5 Å². The van der Waals surface area contributed by atoms with Gasteiger partial charge in [-0.3, -0.25) is 9.59 Å². The van der Waals surface area contributed by atoms with E-state index in [0.29, 0.717) is 24.2 Å². The second kappa shape index (κ2) is 5.34. The first kappa shape index (κ1) is 16.2. The molecular weight excluding hydrogens is 302 g/mol. The number of hydrogen-bond acceptors (Lipinski definition) is 2. The van der Waals surface area contributed by atoms with Crippen LogP contribution in [-0.4, -0.2) is 17.0 Å². The molecule has 1 unspecified atom stereocenters. The first-order valence-corrected chi connectivity index (χ1v) is 9.65. The van der Waals surface area contributed by atoms with E-state index in [0.717, 1.165) is 50.6 Å². The molecule has 0 radical (unpaired) electrons. The van der Waals surface area contributed by atoms with Crippen molar-refractivity contribution in [3.63, 3.8) is 0 Å². The number of piperidine rings is 1. The molecule has 1 saturated heterocycles. The van der Waals surface area contributed by atoms with Gasteiger partial charge in [0.2, 0.25) is 5.91 Å². The van der Waals surface area contributed by atoms with E-state index in [1.807, 2.05) is 0 Å². The molecule has 0 aromatic rings. The molecule has 4 heteroatoms. The summed E-state index contributed by atoms with van der Waals surface area (Å²) in [4.78, 5) is 23.6. The zero-order chi connectivity index (χ0) is 17.1. The Bertz CT molecular complexity index is 612. The number of aliphatic carboxylic acids is 1. The molecule has 1 amide bonds. The van der Waals surface area contributed by atoms with Gasteiger partial charge in [0, 0.05) is 17.5 Å². The maximum atomic E-state index is 11.8. The van der Waals surface area contributed by atoms with Gasteiger partial charge in [-0.1, -0.05) is 19.9 Å². The Kier molecular flexibility index (Phi) is 3.59. The lowest BCUT2D eigenvalue weighted by Gasteiger charge is -2.57. The van der Waals surface area contributed by atoms with Crippen LogP contribution < -0.4 is 5.32 Å². The van der Waals surface area contributed by atoms with Gasteiger partial charge in [-0.15, -0.1) is 0 Å². The topological polar surface area (TPSA) is 66.4 Å². The molecule has 0 aromatic heterocycles. The molecule has 132 valence electrons. The summed E-state index contributed by atoms with van der Waals surface area (Å²) in [6.07, 6.45) is 9.90. The van der Waals surface area contributed by atoms with Gasteiger partial charge in [0.15, 0.2) is 0 Å². The van der Waals surface area contributed by atoms with Gasteiger partial charge in [-0.2, -0.15) is 0 Å². The van der Waals surface area contributed by atoms with Crippen molar-refractivity contribution in [3.8, 4) is 0 Å². The molecule has 0 spiro atoms. The molecule has 0 aromatic carbocycles. The first-order chi connectivity index (χ1) is 11.4. The van der Waals surface area contributed by atoms with E-state index in [2.05, 4.69) is 25.2 Å². The summed E-state index contributed by atoms with van der Waals surface area (Å²) in [6.45, 7) is 4.53. The lowest BCUT2D eigenvalue weighted by atomic mass is 9.48. The molecule has 24 heavy (non-hydrogen) atoms. The SMILES string of the molecule is CC[C@]12CC[C@H]3[C@@H](CC=C4NC(=O)CC[C@@]43C)[C@@H]1CCC2C(=O)O. The van der Waals surface area contributed by atoms with Crippen molar-refractivity contribution in [1.82, 2.24) is 5.32 Å². The third-order valence-corrected chi connectivity index (χ3v) is 8.28. The molecule has 0 bridgehead atoms. The van der Waals surface area contributed by atoms with E-state index in [1.54, 1.807) is 0 Å². The van der Waals surface area contributed by atoms with Gasteiger partial charge >= 0.3 is 5.97 Å². The van der Waals surface area contributed by atoms with Gasteiger partial charge in [-0.25, -0.2) is 0 Å². The normalized spacial score (nSPS) is 47.1. The molecule has 4 nitrogen and oxygen atoms in total. The van der Waals surface area contributed by atoms with E-state index >= 15 is 0 Å². The number of carbonyl (C=O) groups is 2. The summed E-state index contributed by atoms with van der Waals surface area (Å²) in [5, 5.41) is 12.9. The maximum Gasteiger partial charge on any atom is 0.307 e. The summed E-state index contributed by atoms with van der Waals surface area (Å²) in [7, 11) is 0. The van der Waals surface area contributed by atoms with Gasteiger partial charge in [0.25, 0.3) is 0 Å². The van der Waals surface area contributed by atoms with E-state index in [-0.39, 0.29) is 22.7 Å². The predicted octanol–water partition coefficient (Wildman–Crippen LogP) is 3.72. The molecule has 1 heterocycles. The Morgan fingerprint density at radius 1 is 1.29 bits per heavy atom. The van der Waals surface area contributed by atoms with Crippen molar-refractivity contribution in [2.45, 2.75) is 65.2 Å². The molecule has 4 rings (SSSR count). The Morgan fingerprint density at radius 2 is 2.08 bits per heavy atom. The number of amides is 1. The highest BCUT2D eigenvalue weighted by Gasteiger charge is 2.61. The van der Waals surface area contributed by atoms with Crippen molar-refractivity contribution in [2.75, 3.05) is 0 Å². The van der Waals surface area contributed by atoms with Crippen LogP contribution in [-0.2, 0) is 9.59 Å². The van der Waals surface area contributed by atoms with Crippen molar-refractivity contribution in [1.29, 1.82) is 0 Å². The second-order valence-corrected chi connectivity index (χ2v) is 8.79. The summed E-state index contributed by atoms with van der Waals surface area (Å²) in [5.41, 5.74) is 1.24. The minimum absolute atomic E-state index is 0.00657. The van der Waals surface area contributed by atoms with Gasteiger partial charge in [0.1, 0.15) is 0 Å². The quantitative estimate of drug-likeness (QED) is 0.810. The Balaban J connectivity index is 1.69. The summed E-state index contributed by atoms with van der Waals surface area (Å²) >= 11 is 0. The highest BCUT2D eigenvalue weighted by molar-refractivity contribution is 5.79. The summed E-state index contributed by atoms with van der Waals surface area (Å²) < 4.78 is 0. The molecule has 3 fully saturated rings.